The predicted octanol–water partition coefficient (Wildman–Crippen LogP) is 1.32. The third-order valence-corrected chi connectivity index (χ3v) is 4.81. The first-order valence-electron chi connectivity index (χ1n) is 7.16. The van der Waals surface area contributed by atoms with Crippen molar-refractivity contribution in [2.75, 3.05) is 36.0 Å². The van der Waals surface area contributed by atoms with Crippen LogP contribution in [0.15, 0.2) is 18.2 Å². The van der Waals surface area contributed by atoms with Gasteiger partial charge in [-0.25, -0.2) is 0 Å². The molecule has 0 spiro atoms. The van der Waals surface area contributed by atoms with Gasteiger partial charge >= 0.3 is 0 Å². The summed E-state index contributed by atoms with van der Waals surface area (Å²) in [6, 6.07) is 7.07. The monoisotopic (exact) mass is 257 g/mol. The lowest BCUT2D eigenvalue weighted by atomic mass is 9.90. The number of rotatable bonds is 0. The maximum absolute atomic E-state index is 11.8. The number of nitrogens with zero attached hydrogens (tertiary/aromatic N) is 2. The summed E-state index contributed by atoms with van der Waals surface area (Å²) in [5.74, 6) is 0.747. The summed E-state index contributed by atoms with van der Waals surface area (Å²) in [6.45, 7) is 5.64. The molecule has 0 saturated carbocycles. The van der Waals surface area contributed by atoms with E-state index in [1.165, 1.54) is 17.7 Å². The van der Waals surface area contributed by atoms with Gasteiger partial charge in [0.15, 0.2) is 0 Å². The van der Waals surface area contributed by atoms with Gasteiger partial charge in [0, 0.05) is 38.5 Å². The van der Waals surface area contributed by atoms with Crippen molar-refractivity contribution < 1.29 is 4.79 Å². The number of piperidine rings is 1. The van der Waals surface area contributed by atoms with Crippen molar-refractivity contribution >= 4 is 17.3 Å². The molecule has 19 heavy (non-hydrogen) atoms. The minimum atomic E-state index is 0.154. The Balaban J connectivity index is 1.86. The number of benzene rings is 1. The molecule has 0 radical (unpaired) electrons. The van der Waals surface area contributed by atoms with Gasteiger partial charge in [-0.1, -0.05) is 12.1 Å². The van der Waals surface area contributed by atoms with Crippen molar-refractivity contribution in [1.82, 2.24) is 5.32 Å². The summed E-state index contributed by atoms with van der Waals surface area (Å²) in [4.78, 5) is 16.3. The highest BCUT2D eigenvalue weighted by molar-refractivity contribution is 5.98. The Morgan fingerprint density at radius 3 is 3.11 bits per heavy atom. The molecule has 1 aromatic carbocycles. The van der Waals surface area contributed by atoms with Crippen LogP contribution in [0.3, 0.4) is 0 Å². The quantitative estimate of drug-likeness (QED) is 0.761. The van der Waals surface area contributed by atoms with E-state index in [1.807, 2.05) is 4.90 Å². The van der Waals surface area contributed by atoms with Crippen molar-refractivity contribution in [3.63, 3.8) is 0 Å². The summed E-state index contributed by atoms with van der Waals surface area (Å²) in [5, 5.41) is 3.51. The summed E-state index contributed by atoms with van der Waals surface area (Å²) in [7, 11) is 0. The van der Waals surface area contributed by atoms with Crippen LogP contribution in [0.1, 0.15) is 24.8 Å². The van der Waals surface area contributed by atoms with Crippen LogP contribution in [-0.4, -0.2) is 38.1 Å². The Kier molecular flexibility index (Phi) is 2.36. The van der Waals surface area contributed by atoms with Crippen LogP contribution in [0, 0.1) is 0 Å². The molecule has 1 saturated heterocycles. The van der Waals surface area contributed by atoms with Crippen LogP contribution in [0.4, 0.5) is 11.4 Å². The Morgan fingerprint density at radius 2 is 2.26 bits per heavy atom. The molecule has 4 heteroatoms. The fraction of sp³-hybridized carbons (Fsp3) is 0.533. The lowest BCUT2D eigenvalue weighted by molar-refractivity contribution is -0.116. The maximum atomic E-state index is 11.8. The number of carbonyl (C=O) groups excluding carboxylic acids is 1. The van der Waals surface area contributed by atoms with E-state index < -0.39 is 0 Å². The molecule has 1 N–H and O–H groups in total. The van der Waals surface area contributed by atoms with Gasteiger partial charge in [0.2, 0.25) is 5.91 Å². The predicted molar refractivity (Wildman–Crippen MR) is 75.8 cm³/mol. The average molecular weight is 257 g/mol. The number of anilines is 2. The molecular formula is C15H19N3O. The Labute approximate surface area is 113 Å². The number of fused-ring (bicyclic) bond motifs is 3. The minimum absolute atomic E-state index is 0.154. The first-order chi connectivity index (χ1) is 9.27. The van der Waals surface area contributed by atoms with Gasteiger partial charge < -0.3 is 15.1 Å². The van der Waals surface area contributed by atoms with Crippen LogP contribution < -0.4 is 15.1 Å². The number of para-hydroxylation sites is 1. The highest BCUT2D eigenvalue weighted by Crippen LogP contribution is 2.49. The van der Waals surface area contributed by atoms with Gasteiger partial charge in [-0.3, -0.25) is 4.79 Å². The largest absolute Gasteiger partial charge is 0.364 e. The van der Waals surface area contributed by atoms with Crippen molar-refractivity contribution in [1.29, 1.82) is 0 Å². The number of nitrogens with one attached hydrogen (secondary N) is 1. The van der Waals surface area contributed by atoms with Crippen LogP contribution in [-0.2, 0) is 4.79 Å². The average Bonchev–Trinajstić information content (AvgIpc) is 2.76. The molecule has 2 unspecified atom stereocenters. The van der Waals surface area contributed by atoms with Crippen molar-refractivity contribution in [3.8, 4) is 0 Å². The maximum Gasteiger partial charge on any atom is 0.223 e. The number of amides is 1. The molecule has 3 aliphatic heterocycles. The molecule has 0 aromatic heterocycles. The molecule has 3 aliphatic rings. The lowest BCUT2D eigenvalue weighted by Gasteiger charge is -2.39. The highest BCUT2D eigenvalue weighted by atomic mass is 16.2. The van der Waals surface area contributed by atoms with Gasteiger partial charge in [0.25, 0.3) is 0 Å². The Morgan fingerprint density at radius 1 is 1.37 bits per heavy atom. The summed E-state index contributed by atoms with van der Waals surface area (Å²) in [5.41, 5.74) is 3.87. The highest BCUT2D eigenvalue weighted by Gasteiger charge is 2.43. The Bertz CT molecular complexity index is 542. The van der Waals surface area contributed by atoms with E-state index >= 15 is 0 Å². The summed E-state index contributed by atoms with van der Waals surface area (Å²) < 4.78 is 0. The molecule has 2 atom stereocenters. The minimum Gasteiger partial charge on any atom is -0.364 e. The molecule has 1 aromatic rings. The normalized spacial score (nSPS) is 28.1. The molecule has 1 fully saturated rings. The molecule has 1 amide bonds. The SMILES string of the molecule is CC(=O)N1CCN2c3c(cccc31)C1CNCCC12. The van der Waals surface area contributed by atoms with E-state index in [9.17, 15) is 4.79 Å². The van der Waals surface area contributed by atoms with E-state index in [0.717, 1.165) is 31.9 Å². The molecule has 3 heterocycles. The zero-order valence-corrected chi connectivity index (χ0v) is 11.2. The van der Waals surface area contributed by atoms with Crippen LogP contribution in [0.5, 0.6) is 0 Å². The fourth-order valence-electron chi connectivity index (χ4n) is 4.01. The molecule has 100 valence electrons. The van der Waals surface area contributed by atoms with E-state index in [-0.39, 0.29) is 5.91 Å². The van der Waals surface area contributed by atoms with E-state index in [2.05, 4.69) is 28.4 Å². The number of hydrogen-bond donors (Lipinski definition) is 1. The third kappa shape index (κ3) is 1.46. The van der Waals surface area contributed by atoms with Crippen molar-refractivity contribution in [2.45, 2.75) is 25.3 Å². The second kappa shape index (κ2) is 3.97. The van der Waals surface area contributed by atoms with Crippen LogP contribution in [0.2, 0.25) is 0 Å². The van der Waals surface area contributed by atoms with Crippen LogP contribution in [0.25, 0.3) is 0 Å². The number of carbonyl (C=O) groups is 1. The van der Waals surface area contributed by atoms with Crippen molar-refractivity contribution in [3.05, 3.63) is 23.8 Å². The molecule has 4 nitrogen and oxygen atoms in total. The van der Waals surface area contributed by atoms with Gasteiger partial charge in [-0.15, -0.1) is 0 Å². The third-order valence-electron chi connectivity index (χ3n) is 4.81. The first-order valence-corrected chi connectivity index (χ1v) is 7.16. The van der Waals surface area contributed by atoms with Crippen LogP contribution >= 0.6 is 0 Å². The standard InChI is InChI=1S/C15H19N3O/c1-10(19)17-7-8-18-13-5-6-16-9-12(13)11-3-2-4-14(17)15(11)18/h2-4,12-13,16H,5-9H2,1H3. The Hall–Kier alpha value is -1.55. The second-order valence-electron chi connectivity index (χ2n) is 5.75. The molecule has 0 bridgehead atoms. The second-order valence-corrected chi connectivity index (χ2v) is 5.75. The van der Waals surface area contributed by atoms with E-state index in [1.54, 1.807) is 6.92 Å². The molecule has 0 aliphatic carbocycles. The van der Waals surface area contributed by atoms with E-state index in [0.29, 0.717) is 12.0 Å². The zero-order chi connectivity index (χ0) is 13.0. The topological polar surface area (TPSA) is 35.6 Å². The fourth-order valence-corrected chi connectivity index (χ4v) is 4.01. The zero-order valence-electron chi connectivity index (χ0n) is 11.2. The lowest BCUT2D eigenvalue weighted by Crippen LogP contribution is -2.49. The number of hydrogen-bond acceptors (Lipinski definition) is 3. The molecular weight excluding hydrogens is 238 g/mol. The first kappa shape index (κ1) is 11.3. The smallest absolute Gasteiger partial charge is 0.223 e. The van der Waals surface area contributed by atoms with E-state index in [4.69, 9.17) is 0 Å². The summed E-state index contributed by atoms with van der Waals surface area (Å²) in [6.07, 6.45) is 1.21. The molecule has 4 rings (SSSR count). The van der Waals surface area contributed by atoms with Gasteiger partial charge in [-0.05, 0) is 24.6 Å². The van der Waals surface area contributed by atoms with Gasteiger partial charge in [-0.2, -0.15) is 0 Å². The summed E-state index contributed by atoms with van der Waals surface area (Å²) >= 11 is 0. The van der Waals surface area contributed by atoms with Crippen molar-refractivity contribution in [2.24, 2.45) is 0 Å². The van der Waals surface area contributed by atoms with Gasteiger partial charge in [0.1, 0.15) is 0 Å². The van der Waals surface area contributed by atoms with Gasteiger partial charge in [0.05, 0.1) is 11.4 Å².